The van der Waals surface area contributed by atoms with Crippen molar-refractivity contribution in [2.24, 2.45) is 0 Å². The van der Waals surface area contributed by atoms with Crippen LogP contribution in [0.3, 0.4) is 0 Å². The highest BCUT2D eigenvalue weighted by Gasteiger charge is 2.14. The SMILES string of the molecule is CC(C)(C)c1ccc(C(=O)NCC(=O)NNC(=O)Cc2ccc(F)cc2)cc1. The summed E-state index contributed by atoms with van der Waals surface area (Å²) in [5, 5.41) is 2.49. The Hall–Kier alpha value is -3.22. The summed E-state index contributed by atoms with van der Waals surface area (Å²) in [7, 11) is 0. The van der Waals surface area contributed by atoms with Crippen molar-refractivity contribution in [2.45, 2.75) is 32.6 Å². The first kappa shape index (κ1) is 21.1. The van der Waals surface area contributed by atoms with E-state index < -0.39 is 11.8 Å². The fraction of sp³-hybridized carbons (Fsp3) is 0.286. The van der Waals surface area contributed by atoms with E-state index in [4.69, 9.17) is 0 Å². The molecule has 3 N–H and O–H groups in total. The van der Waals surface area contributed by atoms with Crippen LogP contribution in [0.5, 0.6) is 0 Å². The monoisotopic (exact) mass is 385 g/mol. The van der Waals surface area contributed by atoms with Gasteiger partial charge in [-0.25, -0.2) is 4.39 Å². The van der Waals surface area contributed by atoms with E-state index in [1.165, 1.54) is 24.3 Å². The first-order valence-electron chi connectivity index (χ1n) is 8.86. The zero-order valence-electron chi connectivity index (χ0n) is 16.1. The third kappa shape index (κ3) is 6.50. The molecule has 2 rings (SSSR count). The molecule has 0 saturated carbocycles. The van der Waals surface area contributed by atoms with E-state index in [1.807, 2.05) is 12.1 Å². The summed E-state index contributed by atoms with van der Waals surface area (Å²) in [5.41, 5.74) is 6.62. The van der Waals surface area contributed by atoms with E-state index in [0.29, 0.717) is 11.1 Å². The normalized spacial score (nSPS) is 10.9. The van der Waals surface area contributed by atoms with Crippen molar-refractivity contribution in [1.29, 1.82) is 0 Å². The van der Waals surface area contributed by atoms with E-state index in [2.05, 4.69) is 36.9 Å². The smallest absolute Gasteiger partial charge is 0.257 e. The Morgan fingerprint density at radius 3 is 2.00 bits per heavy atom. The second-order valence-electron chi connectivity index (χ2n) is 7.41. The van der Waals surface area contributed by atoms with Gasteiger partial charge in [-0.15, -0.1) is 0 Å². The van der Waals surface area contributed by atoms with Crippen LogP contribution in [-0.4, -0.2) is 24.3 Å². The van der Waals surface area contributed by atoms with Crippen LogP contribution in [0, 0.1) is 5.82 Å². The summed E-state index contributed by atoms with van der Waals surface area (Å²) < 4.78 is 12.8. The van der Waals surface area contributed by atoms with E-state index in [0.717, 1.165) is 5.56 Å². The van der Waals surface area contributed by atoms with Crippen LogP contribution in [-0.2, 0) is 21.4 Å². The fourth-order valence-electron chi connectivity index (χ4n) is 2.40. The fourth-order valence-corrected chi connectivity index (χ4v) is 2.40. The van der Waals surface area contributed by atoms with Crippen LogP contribution >= 0.6 is 0 Å². The lowest BCUT2D eigenvalue weighted by Gasteiger charge is -2.19. The molecule has 3 amide bonds. The lowest BCUT2D eigenvalue weighted by atomic mass is 9.87. The number of carbonyl (C=O) groups is 3. The van der Waals surface area contributed by atoms with Crippen molar-refractivity contribution in [2.75, 3.05) is 6.54 Å². The molecule has 0 fully saturated rings. The zero-order valence-corrected chi connectivity index (χ0v) is 16.1. The molecule has 0 radical (unpaired) electrons. The Morgan fingerprint density at radius 2 is 1.43 bits per heavy atom. The summed E-state index contributed by atoms with van der Waals surface area (Å²) in [6.45, 7) is 5.96. The molecule has 0 atom stereocenters. The standard InChI is InChI=1S/C21H24FN3O3/c1-21(2,3)16-8-6-15(7-9-16)20(28)23-13-19(27)25-24-18(26)12-14-4-10-17(22)11-5-14/h4-11H,12-13H2,1-3H3,(H,23,28)(H,24,26)(H,25,27). The second kappa shape index (κ2) is 9.12. The molecule has 148 valence electrons. The Kier molecular flexibility index (Phi) is 6.87. The van der Waals surface area contributed by atoms with Gasteiger partial charge < -0.3 is 5.32 Å². The zero-order chi connectivity index (χ0) is 20.7. The highest BCUT2D eigenvalue weighted by atomic mass is 19.1. The Bertz CT molecular complexity index is 841. The molecule has 0 aliphatic carbocycles. The largest absolute Gasteiger partial charge is 0.343 e. The van der Waals surface area contributed by atoms with Gasteiger partial charge in [0.2, 0.25) is 5.91 Å². The molecule has 0 aliphatic heterocycles. The number of hydrogen-bond acceptors (Lipinski definition) is 3. The molecule has 0 aliphatic rings. The average molecular weight is 385 g/mol. The number of benzene rings is 2. The van der Waals surface area contributed by atoms with Crippen LogP contribution in [0.25, 0.3) is 0 Å². The minimum atomic E-state index is -0.563. The Morgan fingerprint density at radius 1 is 0.857 bits per heavy atom. The molecule has 0 heterocycles. The summed E-state index contributed by atoms with van der Waals surface area (Å²) in [6.07, 6.45) is -0.00690. The first-order chi connectivity index (χ1) is 13.1. The molecule has 2 aromatic rings. The van der Waals surface area contributed by atoms with Crippen molar-refractivity contribution in [3.8, 4) is 0 Å². The van der Waals surface area contributed by atoms with Gasteiger partial charge in [-0.2, -0.15) is 0 Å². The number of rotatable bonds is 5. The number of carbonyl (C=O) groups excluding carboxylic acids is 3. The minimum Gasteiger partial charge on any atom is -0.343 e. The summed E-state index contributed by atoms with van der Waals surface area (Å²) in [5.74, 6) is -1.79. The van der Waals surface area contributed by atoms with E-state index in [1.54, 1.807) is 12.1 Å². The highest BCUT2D eigenvalue weighted by molar-refractivity contribution is 5.96. The van der Waals surface area contributed by atoms with Crippen molar-refractivity contribution in [3.63, 3.8) is 0 Å². The van der Waals surface area contributed by atoms with Gasteiger partial charge in [-0.1, -0.05) is 45.0 Å². The average Bonchev–Trinajstić information content (AvgIpc) is 2.65. The lowest BCUT2D eigenvalue weighted by molar-refractivity contribution is -0.128. The molecular formula is C21H24FN3O3. The van der Waals surface area contributed by atoms with Gasteiger partial charge in [0.15, 0.2) is 0 Å². The third-order valence-corrected chi connectivity index (χ3v) is 4.04. The van der Waals surface area contributed by atoms with Gasteiger partial charge in [-0.3, -0.25) is 25.2 Å². The number of hydrazine groups is 1. The quantitative estimate of drug-likeness (QED) is 0.690. The third-order valence-electron chi connectivity index (χ3n) is 4.04. The van der Waals surface area contributed by atoms with Gasteiger partial charge in [-0.05, 0) is 40.8 Å². The summed E-state index contributed by atoms with van der Waals surface area (Å²) >= 11 is 0. The van der Waals surface area contributed by atoms with Crippen LogP contribution < -0.4 is 16.2 Å². The molecular weight excluding hydrogens is 361 g/mol. The highest BCUT2D eigenvalue weighted by Crippen LogP contribution is 2.22. The number of amides is 3. The van der Waals surface area contributed by atoms with Crippen molar-refractivity contribution < 1.29 is 18.8 Å². The maximum atomic E-state index is 12.8. The van der Waals surface area contributed by atoms with Gasteiger partial charge in [0.1, 0.15) is 5.82 Å². The lowest BCUT2D eigenvalue weighted by Crippen LogP contribution is -2.46. The Labute approximate surface area is 163 Å². The molecule has 0 saturated heterocycles. The van der Waals surface area contributed by atoms with E-state index >= 15 is 0 Å². The molecule has 28 heavy (non-hydrogen) atoms. The first-order valence-corrected chi connectivity index (χ1v) is 8.86. The molecule has 6 nitrogen and oxygen atoms in total. The maximum absolute atomic E-state index is 12.8. The number of nitrogens with one attached hydrogen (secondary N) is 3. The molecule has 0 spiro atoms. The molecule has 2 aromatic carbocycles. The van der Waals surface area contributed by atoms with Crippen LogP contribution in [0.1, 0.15) is 42.3 Å². The second-order valence-corrected chi connectivity index (χ2v) is 7.41. The predicted molar refractivity (Wildman–Crippen MR) is 104 cm³/mol. The van der Waals surface area contributed by atoms with Gasteiger partial charge in [0.25, 0.3) is 11.8 Å². The van der Waals surface area contributed by atoms with Crippen molar-refractivity contribution in [3.05, 3.63) is 71.0 Å². The van der Waals surface area contributed by atoms with Gasteiger partial charge in [0.05, 0.1) is 13.0 Å². The van der Waals surface area contributed by atoms with Crippen LogP contribution in [0.2, 0.25) is 0 Å². The van der Waals surface area contributed by atoms with Gasteiger partial charge >= 0.3 is 0 Å². The minimum absolute atomic E-state index is 0.00690. The molecule has 0 unspecified atom stereocenters. The molecule has 7 heteroatoms. The van der Waals surface area contributed by atoms with Crippen molar-refractivity contribution >= 4 is 17.7 Å². The number of halogens is 1. The maximum Gasteiger partial charge on any atom is 0.257 e. The van der Waals surface area contributed by atoms with Crippen molar-refractivity contribution in [1.82, 2.24) is 16.2 Å². The Balaban J connectivity index is 1.74. The van der Waals surface area contributed by atoms with E-state index in [-0.39, 0.29) is 30.1 Å². The molecule has 0 bridgehead atoms. The topological polar surface area (TPSA) is 87.3 Å². The van der Waals surface area contributed by atoms with Crippen LogP contribution in [0.4, 0.5) is 4.39 Å². The van der Waals surface area contributed by atoms with Gasteiger partial charge in [0, 0.05) is 5.56 Å². The predicted octanol–water partition coefficient (Wildman–Crippen LogP) is 2.24. The van der Waals surface area contributed by atoms with Crippen LogP contribution in [0.15, 0.2) is 48.5 Å². The molecule has 0 aromatic heterocycles. The number of hydrogen-bond donors (Lipinski definition) is 3. The van der Waals surface area contributed by atoms with E-state index in [9.17, 15) is 18.8 Å². The summed E-state index contributed by atoms with van der Waals surface area (Å²) in [6, 6.07) is 12.7. The summed E-state index contributed by atoms with van der Waals surface area (Å²) in [4.78, 5) is 35.7.